The molecule has 1 fully saturated rings. The molecule has 0 aliphatic carbocycles. The first-order valence-electron chi connectivity index (χ1n) is 11.4. The Morgan fingerprint density at radius 2 is 1.55 bits per heavy atom. The van der Waals surface area contributed by atoms with Gasteiger partial charge in [-0.3, -0.25) is 14.5 Å². The van der Waals surface area contributed by atoms with Gasteiger partial charge in [-0.15, -0.1) is 11.3 Å². The quantitative estimate of drug-likeness (QED) is 0.464. The van der Waals surface area contributed by atoms with Crippen molar-refractivity contribution in [1.82, 2.24) is 14.8 Å². The number of rotatable bonds is 6. The molecule has 5 nitrogen and oxygen atoms in total. The van der Waals surface area contributed by atoms with E-state index >= 15 is 0 Å². The maximum absolute atomic E-state index is 13.0. The second-order valence-corrected chi connectivity index (χ2v) is 9.72. The minimum absolute atomic E-state index is 0.0547. The van der Waals surface area contributed by atoms with E-state index in [1.165, 1.54) is 16.9 Å². The Balaban J connectivity index is 1.22. The summed E-state index contributed by atoms with van der Waals surface area (Å²) in [5.41, 5.74) is 2.34. The number of hydrogen-bond donors (Lipinski definition) is 1. The molecular formula is C27H27N3O2S. The smallest absolute Gasteiger partial charge is 0.261 e. The molecule has 1 amide bonds. The first-order chi connectivity index (χ1) is 16.2. The van der Waals surface area contributed by atoms with Crippen molar-refractivity contribution in [3.8, 4) is 0 Å². The largest absolute Gasteiger partial charge is 0.349 e. The third-order valence-electron chi connectivity index (χ3n) is 6.25. The number of nitrogens with one attached hydrogen (secondary N) is 1. The summed E-state index contributed by atoms with van der Waals surface area (Å²) in [6.45, 7) is 3.41. The summed E-state index contributed by atoms with van der Waals surface area (Å²) in [6, 6.07) is 24.3. The number of carbonyl (C=O) groups excluding carboxylic acids is 1. The number of benzene rings is 2. The number of thiophene rings is 1. The highest BCUT2D eigenvalue weighted by Gasteiger charge is 2.22. The van der Waals surface area contributed by atoms with Crippen molar-refractivity contribution in [3.63, 3.8) is 0 Å². The molecule has 1 N–H and O–H groups in total. The van der Waals surface area contributed by atoms with Crippen LogP contribution in [-0.4, -0.2) is 34.5 Å². The van der Waals surface area contributed by atoms with Crippen LogP contribution in [0, 0.1) is 0 Å². The van der Waals surface area contributed by atoms with Crippen LogP contribution < -0.4 is 10.9 Å². The topological polar surface area (TPSA) is 54.3 Å². The van der Waals surface area contributed by atoms with E-state index in [0.717, 1.165) is 42.7 Å². The van der Waals surface area contributed by atoms with Crippen LogP contribution in [0.5, 0.6) is 0 Å². The fourth-order valence-electron chi connectivity index (χ4n) is 4.43. The van der Waals surface area contributed by atoms with Crippen molar-refractivity contribution in [2.75, 3.05) is 13.1 Å². The van der Waals surface area contributed by atoms with Crippen molar-refractivity contribution in [2.45, 2.75) is 32.0 Å². The molecule has 0 atom stereocenters. The monoisotopic (exact) mass is 457 g/mol. The molecule has 168 valence electrons. The number of aromatic nitrogens is 1. The number of piperidine rings is 1. The maximum atomic E-state index is 13.0. The highest BCUT2D eigenvalue weighted by Crippen LogP contribution is 2.24. The van der Waals surface area contributed by atoms with E-state index in [2.05, 4.69) is 34.5 Å². The van der Waals surface area contributed by atoms with Gasteiger partial charge in [0, 0.05) is 36.6 Å². The van der Waals surface area contributed by atoms with Crippen LogP contribution in [0.2, 0.25) is 0 Å². The molecule has 2 aromatic heterocycles. The average Bonchev–Trinajstić information content (AvgIpc) is 3.29. The normalized spacial score (nSPS) is 15.0. The number of amides is 1. The number of pyridine rings is 1. The Morgan fingerprint density at radius 3 is 2.21 bits per heavy atom. The summed E-state index contributed by atoms with van der Waals surface area (Å²) in [5, 5.41) is 3.80. The lowest BCUT2D eigenvalue weighted by Crippen LogP contribution is -2.44. The SMILES string of the molecule is O=C(NC1CCN(Cc2ccccc2)CC1)c1cc2c(=O)n(Cc3ccccc3)ccc2s1. The van der Waals surface area contributed by atoms with Gasteiger partial charge in [0.1, 0.15) is 0 Å². The van der Waals surface area contributed by atoms with Gasteiger partial charge < -0.3 is 9.88 Å². The second-order valence-electron chi connectivity index (χ2n) is 8.63. The second kappa shape index (κ2) is 9.73. The fraction of sp³-hybridized carbons (Fsp3) is 0.259. The Kier molecular flexibility index (Phi) is 6.37. The molecular weight excluding hydrogens is 430 g/mol. The number of fused-ring (bicyclic) bond motifs is 1. The summed E-state index contributed by atoms with van der Waals surface area (Å²) in [4.78, 5) is 28.9. The number of likely N-dealkylation sites (tertiary alicyclic amines) is 1. The molecule has 0 spiro atoms. The van der Waals surface area contributed by atoms with Crippen LogP contribution in [0.3, 0.4) is 0 Å². The zero-order valence-electron chi connectivity index (χ0n) is 18.4. The molecule has 0 unspecified atom stereocenters. The molecule has 0 saturated carbocycles. The van der Waals surface area contributed by atoms with Crippen LogP contribution >= 0.6 is 11.3 Å². The van der Waals surface area contributed by atoms with Gasteiger partial charge in [0.05, 0.1) is 16.8 Å². The first-order valence-corrected chi connectivity index (χ1v) is 12.2. The van der Waals surface area contributed by atoms with Crippen molar-refractivity contribution >= 4 is 27.3 Å². The van der Waals surface area contributed by atoms with E-state index in [1.807, 2.05) is 48.7 Å². The molecule has 1 saturated heterocycles. The zero-order valence-corrected chi connectivity index (χ0v) is 19.3. The fourth-order valence-corrected chi connectivity index (χ4v) is 5.38. The van der Waals surface area contributed by atoms with Gasteiger partial charge in [0.2, 0.25) is 0 Å². The van der Waals surface area contributed by atoms with Gasteiger partial charge in [-0.1, -0.05) is 60.7 Å². The van der Waals surface area contributed by atoms with E-state index in [0.29, 0.717) is 16.8 Å². The van der Waals surface area contributed by atoms with Gasteiger partial charge in [-0.05, 0) is 36.1 Å². The van der Waals surface area contributed by atoms with E-state index in [4.69, 9.17) is 0 Å². The van der Waals surface area contributed by atoms with Crippen LogP contribution in [0.4, 0.5) is 0 Å². The van der Waals surface area contributed by atoms with Crippen molar-refractivity contribution in [1.29, 1.82) is 0 Å². The van der Waals surface area contributed by atoms with E-state index in [-0.39, 0.29) is 17.5 Å². The minimum Gasteiger partial charge on any atom is -0.349 e. The number of carbonyl (C=O) groups is 1. The lowest BCUT2D eigenvalue weighted by Gasteiger charge is -2.32. The van der Waals surface area contributed by atoms with Gasteiger partial charge in [-0.2, -0.15) is 0 Å². The standard InChI is InChI=1S/C27H27N3O2S/c31-26(28-22-11-14-29(15-12-22)18-20-7-3-1-4-8-20)25-17-23-24(33-25)13-16-30(27(23)32)19-21-9-5-2-6-10-21/h1-10,13,16-17,22H,11-12,14-15,18-19H2,(H,28,31). The average molecular weight is 458 g/mol. The van der Waals surface area contributed by atoms with Crippen molar-refractivity contribution in [3.05, 3.63) is 105 Å². The first kappa shape index (κ1) is 21.6. The minimum atomic E-state index is -0.0771. The number of nitrogens with zero attached hydrogens (tertiary/aromatic N) is 2. The van der Waals surface area contributed by atoms with Crippen LogP contribution in [-0.2, 0) is 13.1 Å². The Hall–Kier alpha value is -3.22. The van der Waals surface area contributed by atoms with Gasteiger partial charge >= 0.3 is 0 Å². The van der Waals surface area contributed by atoms with E-state index in [1.54, 1.807) is 10.6 Å². The van der Waals surface area contributed by atoms with Gasteiger partial charge in [-0.25, -0.2) is 0 Å². The third-order valence-corrected chi connectivity index (χ3v) is 7.35. The Labute approximate surface area is 197 Å². The summed E-state index contributed by atoms with van der Waals surface area (Å²) in [6.07, 6.45) is 3.69. The Morgan fingerprint density at radius 1 is 0.909 bits per heavy atom. The molecule has 0 radical (unpaired) electrons. The molecule has 2 aromatic carbocycles. The van der Waals surface area contributed by atoms with E-state index in [9.17, 15) is 9.59 Å². The molecule has 3 heterocycles. The molecule has 5 rings (SSSR count). The molecule has 4 aromatic rings. The van der Waals surface area contributed by atoms with Crippen molar-refractivity contribution < 1.29 is 4.79 Å². The zero-order chi connectivity index (χ0) is 22.6. The van der Waals surface area contributed by atoms with Crippen molar-refractivity contribution in [2.24, 2.45) is 0 Å². The van der Waals surface area contributed by atoms with Gasteiger partial charge in [0.15, 0.2) is 0 Å². The van der Waals surface area contributed by atoms with Crippen LogP contribution in [0.15, 0.2) is 83.8 Å². The molecule has 0 bridgehead atoms. The van der Waals surface area contributed by atoms with Crippen LogP contribution in [0.25, 0.3) is 10.1 Å². The molecule has 1 aliphatic heterocycles. The van der Waals surface area contributed by atoms with Crippen LogP contribution in [0.1, 0.15) is 33.6 Å². The maximum Gasteiger partial charge on any atom is 0.261 e. The van der Waals surface area contributed by atoms with E-state index < -0.39 is 0 Å². The summed E-state index contributed by atoms with van der Waals surface area (Å²) < 4.78 is 2.56. The predicted molar refractivity (Wildman–Crippen MR) is 134 cm³/mol. The summed E-state index contributed by atoms with van der Waals surface area (Å²) in [7, 11) is 0. The lowest BCUT2D eigenvalue weighted by molar-refractivity contribution is 0.0913. The molecule has 6 heteroatoms. The molecule has 33 heavy (non-hydrogen) atoms. The highest BCUT2D eigenvalue weighted by atomic mass is 32.1. The Bertz CT molecular complexity index is 1290. The number of hydrogen-bond acceptors (Lipinski definition) is 4. The predicted octanol–water partition coefficient (Wildman–Crippen LogP) is 4.51. The highest BCUT2D eigenvalue weighted by molar-refractivity contribution is 7.20. The third kappa shape index (κ3) is 5.07. The molecule has 1 aliphatic rings. The lowest BCUT2D eigenvalue weighted by atomic mass is 10.0. The van der Waals surface area contributed by atoms with Gasteiger partial charge in [0.25, 0.3) is 11.5 Å². The summed E-state index contributed by atoms with van der Waals surface area (Å²) in [5.74, 6) is -0.0771. The summed E-state index contributed by atoms with van der Waals surface area (Å²) >= 11 is 1.39.